The van der Waals surface area contributed by atoms with Crippen LogP contribution in [0.15, 0.2) is 18.3 Å². The third-order valence-electron chi connectivity index (χ3n) is 3.24. The number of amides is 1. The monoisotopic (exact) mass is 278 g/mol. The predicted octanol–water partition coefficient (Wildman–Crippen LogP) is 0.789. The van der Waals surface area contributed by atoms with Gasteiger partial charge in [-0.25, -0.2) is 0 Å². The van der Waals surface area contributed by atoms with E-state index in [1.165, 1.54) is 6.20 Å². The van der Waals surface area contributed by atoms with E-state index < -0.39 is 5.97 Å². The van der Waals surface area contributed by atoms with Gasteiger partial charge >= 0.3 is 5.97 Å². The van der Waals surface area contributed by atoms with Crippen molar-refractivity contribution >= 4 is 11.9 Å². The van der Waals surface area contributed by atoms with Gasteiger partial charge in [-0.2, -0.15) is 0 Å². The fourth-order valence-corrected chi connectivity index (χ4v) is 2.14. The molecule has 0 radical (unpaired) electrons. The number of carbonyl (C=O) groups is 2. The van der Waals surface area contributed by atoms with Gasteiger partial charge in [-0.1, -0.05) is 0 Å². The van der Waals surface area contributed by atoms with E-state index in [4.69, 9.17) is 9.84 Å². The van der Waals surface area contributed by atoms with Gasteiger partial charge in [-0.3, -0.25) is 14.6 Å². The van der Waals surface area contributed by atoms with Gasteiger partial charge in [0, 0.05) is 6.20 Å². The molecule has 0 atom stereocenters. The summed E-state index contributed by atoms with van der Waals surface area (Å²) in [5, 5.41) is 11.3. The highest BCUT2D eigenvalue weighted by Gasteiger charge is 2.19. The fourth-order valence-electron chi connectivity index (χ4n) is 2.14. The van der Waals surface area contributed by atoms with Crippen molar-refractivity contribution in [2.75, 3.05) is 6.54 Å². The summed E-state index contributed by atoms with van der Waals surface area (Å²) in [5.74, 6) is -0.796. The molecule has 0 unspecified atom stereocenters. The maximum atomic E-state index is 11.8. The number of aliphatic hydroxyl groups is 1. The van der Waals surface area contributed by atoms with Crippen molar-refractivity contribution in [3.8, 4) is 0 Å². The molecular weight excluding hydrogens is 260 g/mol. The average Bonchev–Trinajstić information content (AvgIpc) is 2.97. The Morgan fingerprint density at radius 3 is 2.70 bits per heavy atom. The topological polar surface area (TPSA) is 88.5 Å². The molecule has 6 nitrogen and oxygen atoms in total. The van der Waals surface area contributed by atoms with Crippen molar-refractivity contribution in [1.82, 2.24) is 10.3 Å². The van der Waals surface area contributed by atoms with E-state index in [1.807, 2.05) is 0 Å². The lowest BCUT2D eigenvalue weighted by atomic mass is 10.2. The number of pyridine rings is 1. The summed E-state index contributed by atoms with van der Waals surface area (Å²) in [4.78, 5) is 27.2. The van der Waals surface area contributed by atoms with E-state index in [-0.39, 0.29) is 25.2 Å². The molecule has 1 heterocycles. The Morgan fingerprint density at radius 2 is 2.10 bits per heavy atom. The molecule has 0 spiro atoms. The third kappa shape index (κ3) is 4.03. The van der Waals surface area contributed by atoms with Gasteiger partial charge in [0.05, 0.1) is 17.9 Å². The first-order valence-corrected chi connectivity index (χ1v) is 6.72. The maximum Gasteiger partial charge on any atom is 0.325 e. The zero-order valence-electron chi connectivity index (χ0n) is 11.2. The van der Waals surface area contributed by atoms with Crippen LogP contribution in [0.4, 0.5) is 0 Å². The van der Waals surface area contributed by atoms with E-state index in [2.05, 4.69) is 10.3 Å². The molecular formula is C14H18N2O4. The third-order valence-corrected chi connectivity index (χ3v) is 3.24. The van der Waals surface area contributed by atoms with Crippen LogP contribution in [0.3, 0.4) is 0 Å². The molecule has 1 aromatic rings. The molecule has 0 aliphatic heterocycles. The summed E-state index contributed by atoms with van der Waals surface area (Å²) in [5.41, 5.74) is 0.832. The first-order chi connectivity index (χ1) is 9.69. The number of ether oxygens (including phenoxy) is 1. The molecule has 1 aliphatic rings. The van der Waals surface area contributed by atoms with Crippen LogP contribution in [0.25, 0.3) is 0 Å². The molecule has 2 N–H and O–H groups in total. The highest BCUT2D eigenvalue weighted by atomic mass is 16.5. The second-order valence-corrected chi connectivity index (χ2v) is 4.78. The Hall–Kier alpha value is -1.95. The van der Waals surface area contributed by atoms with Gasteiger partial charge in [-0.15, -0.1) is 0 Å². The molecule has 20 heavy (non-hydrogen) atoms. The van der Waals surface area contributed by atoms with Crippen molar-refractivity contribution in [2.45, 2.75) is 38.4 Å². The van der Waals surface area contributed by atoms with E-state index in [1.54, 1.807) is 12.1 Å². The van der Waals surface area contributed by atoms with E-state index in [0.717, 1.165) is 25.7 Å². The molecule has 1 saturated carbocycles. The number of rotatable bonds is 5. The van der Waals surface area contributed by atoms with Crippen LogP contribution < -0.4 is 5.32 Å². The molecule has 0 aromatic carbocycles. The summed E-state index contributed by atoms with van der Waals surface area (Å²) < 4.78 is 5.23. The van der Waals surface area contributed by atoms with Crippen molar-refractivity contribution in [2.24, 2.45) is 0 Å². The van der Waals surface area contributed by atoms with Gasteiger partial charge in [0.1, 0.15) is 12.6 Å². The number of aliphatic hydroxyl groups excluding tert-OH is 1. The largest absolute Gasteiger partial charge is 0.461 e. The summed E-state index contributed by atoms with van der Waals surface area (Å²) in [7, 11) is 0. The number of hydrogen-bond acceptors (Lipinski definition) is 5. The van der Waals surface area contributed by atoms with Gasteiger partial charge in [0.15, 0.2) is 0 Å². The first kappa shape index (κ1) is 14.5. The van der Waals surface area contributed by atoms with Gasteiger partial charge < -0.3 is 15.2 Å². The first-order valence-electron chi connectivity index (χ1n) is 6.72. The van der Waals surface area contributed by atoms with Crippen LogP contribution >= 0.6 is 0 Å². The molecule has 0 bridgehead atoms. The van der Waals surface area contributed by atoms with Gasteiger partial charge in [0.25, 0.3) is 5.91 Å². The molecule has 6 heteroatoms. The minimum Gasteiger partial charge on any atom is -0.461 e. The molecule has 1 aromatic heterocycles. The number of carbonyl (C=O) groups excluding carboxylic acids is 2. The summed E-state index contributed by atoms with van der Waals surface area (Å²) in [6, 6.07) is 3.11. The molecule has 108 valence electrons. The molecule has 0 saturated heterocycles. The minimum atomic E-state index is -0.412. The van der Waals surface area contributed by atoms with Crippen molar-refractivity contribution < 1.29 is 19.4 Å². The Balaban J connectivity index is 1.77. The molecule has 2 rings (SSSR count). The fraction of sp³-hybridized carbons (Fsp3) is 0.500. The molecule has 1 amide bonds. The van der Waals surface area contributed by atoms with Gasteiger partial charge in [0.2, 0.25) is 0 Å². The van der Waals surface area contributed by atoms with Gasteiger partial charge in [-0.05, 0) is 37.8 Å². The zero-order chi connectivity index (χ0) is 14.4. The summed E-state index contributed by atoms with van der Waals surface area (Å²) in [6.07, 6.45) is 5.37. The van der Waals surface area contributed by atoms with Crippen LogP contribution in [0, 0.1) is 0 Å². The summed E-state index contributed by atoms with van der Waals surface area (Å²) in [6.45, 7) is -0.313. The predicted molar refractivity (Wildman–Crippen MR) is 70.8 cm³/mol. The number of hydrogen-bond donors (Lipinski definition) is 2. The SMILES string of the molecule is O=C(CNC(=O)c1ccc(CO)nc1)OC1CCCC1. The van der Waals surface area contributed by atoms with Crippen LogP contribution in [-0.2, 0) is 16.1 Å². The number of esters is 1. The standard InChI is InChI=1S/C14H18N2O4/c17-9-11-6-5-10(7-15-11)14(19)16-8-13(18)20-12-3-1-2-4-12/h5-7,12,17H,1-4,8-9H2,(H,16,19). The lowest BCUT2D eigenvalue weighted by molar-refractivity contribution is -0.147. The van der Waals surface area contributed by atoms with Crippen LogP contribution in [0.1, 0.15) is 41.7 Å². The Kier molecular flexibility index (Phi) is 5.06. The number of nitrogens with one attached hydrogen (secondary N) is 1. The Bertz CT molecular complexity index is 467. The van der Waals surface area contributed by atoms with Crippen molar-refractivity contribution in [1.29, 1.82) is 0 Å². The highest BCUT2D eigenvalue weighted by Crippen LogP contribution is 2.20. The molecule has 1 fully saturated rings. The highest BCUT2D eigenvalue weighted by molar-refractivity contribution is 5.95. The van der Waals surface area contributed by atoms with Crippen LogP contribution in [0.5, 0.6) is 0 Å². The summed E-state index contributed by atoms with van der Waals surface area (Å²) >= 11 is 0. The van der Waals surface area contributed by atoms with E-state index in [9.17, 15) is 9.59 Å². The lowest BCUT2D eigenvalue weighted by Crippen LogP contribution is -2.32. The molecule has 1 aliphatic carbocycles. The zero-order valence-corrected chi connectivity index (χ0v) is 11.2. The normalized spacial score (nSPS) is 15.1. The second kappa shape index (κ2) is 7.00. The number of aromatic nitrogens is 1. The average molecular weight is 278 g/mol. The minimum absolute atomic E-state index is 0.00454. The Labute approximate surface area is 117 Å². The van der Waals surface area contributed by atoms with Crippen LogP contribution in [0.2, 0.25) is 0 Å². The second-order valence-electron chi connectivity index (χ2n) is 4.78. The van der Waals surface area contributed by atoms with Crippen molar-refractivity contribution in [3.05, 3.63) is 29.6 Å². The van der Waals surface area contributed by atoms with E-state index >= 15 is 0 Å². The maximum absolute atomic E-state index is 11.8. The lowest BCUT2D eigenvalue weighted by Gasteiger charge is -2.11. The quantitative estimate of drug-likeness (QED) is 0.777. The smallest absolute Gasteiger partial charge is 0.325 e. The Morgan fingerprint density at radius 1 is 1.35 bits per heavy atom. The number of nitrogens with zero attached hydrogens (tertiary/aromatic N) is 1. The van der Waals surface area contributed by atoms with Crippen molar-refractivity contribution in [3.63, 3.8) is 0 Å². The van der Waals surface area contributed by atoms with E-state index in [0.29, 0.717) is 11.3 Å². The van der Waals surface area contributed by atoms with Crippen LogP contribution in [-0.4, -0.2) is 34.6 Å².